The van der Waals surface area contributed by atoms with Crippen molar-refractivity contribution in [1.29, 1.82) is 0 Å². The Hall–Kier alpha value is -2.64. The van der Waals surface area contributed by atoms with Gasteiger partial charge in [0.25, 0.3) is 5.56 Å². The first-order valence-corrected chi connectivity index (χ1v) is 5.99. The Labute approximate surface area is 116 Å². The summed E-state index contributed by atoms with van der Waals surface area (Å²) in [5.41, 5.74) is -1.51. The molecular formula is C13H9F3N4O. The van der Waals surface area contributed by atoms with Crippen molar-refractivity contribution in [2.45, 2.75) is 12.2 Å². The van der Waals surface area contributed by atoms with Gasteiger partial charge in [0.15, 0.2) is 11.2 Å². The Balaban J connectivity index is 2.10. The molecule has 1 atom stereocenters. The molecule has 3 aromatic rings. The maximum atomic E-state index is 14.3. The van der Waals surface area contributed by atoms with Crippen LogP contribution in [0, 0.1) is 0 Å². The molecule has 0 aliphatic carbocycles. The molecule has 0 fully saturated rings. The zero-order chi connectivity index (χ0) is 15.0. The van der Waals surface area contributed by atoms with Gasteiger partial charge in [-0.05, 0) is 0 Å². The molecule has 0 radical (unpaired) electrons. The highest BCUT2D eigenvalue weighted by atomic mass is 19.3. The number of nitrogens with zero attached hydrogens (tertiary/aromatic N) is 3. The monoisotopic (exact) mass is 294 g/mol. The SMILES string of the molecule is O=c1[nH]cnc2c1ncn2C(F)C(F)(F)c1ccccc1. The first kappa shape index (κ1) is 13.3. The van der Waals surface area contributed by atoms with Crippen LogP contribution in [0.25, 0.3) is 11.2 Å². The summed E-state index contributed by atoms with van der Waals surface area (Å²) in [6.07, 6.45) is -0.871. The number of nitrogens with one attached hydrogen (secondary N) is 1. The molecule has 0 aliphatic rings. The van der Waals surface area contributed by atoms with Gasteiger partial charge < -0.3 is 4.98 Å². The van der Waals surface area contributed by atoms with E-state index < -0.39 is 23.3 Å². The standard InChI is InChI=1S/C13H9F3N4O/c14-12(13(15,16)8-4-2-1-3-5-8)20-7-19-9-10(20)17-6-18-11(9)21/h1-7,12H,(H,17,18,21). The lowest BCUT2D eigenvalue weighted by molar-refractivity contribution is -0.110. The van der Waals surface area contributed by atoms with Crippen molar-refractivity contribution in [3.05, 3.63) is 58.9 Å². The summed E-state index contributed by atoms with van der Waals surface area (Å²) in [7, 11) is 0. The van der Waals surface area contributed by atoms with Crippen LogP contribution in [0.3, 0.4) is 0 Å². The number of hydrogen-bond acceptors (Lipinski definition) is 3. The molecule has 21 heavy (non-hydrogen) atoms. The van der Waals surface area contributed by atoms with Crippen molar-refractivity contribution in [1.82, 2.24) is 19.5 Å². The second-order valence-corrected chi connectivity index (χ2v) is 4.38. The molecule has 3 rings (SSSR count). The highest BCUT2D eigenvalue weighted by Crippen LogP contribution is 2.40. The number of alkyl halides is 3. The summed E-state index contributed by atoms with van der Waals surface area (Å²) in [6.45, 7) is 0. The van der Waals surface area contributed by atoms with Crippen molar-refractivity contribution >= 4 is 11.2 Å². The van der Waals surface area contributed by atoms with E-state index in [1.807, 2.05) is 0 Å². The van der Waals surface area contributed by atoms with Gasteiger partial charge in [0.2, 0.25) is 6.30 Å². The highest BCUT2D eigenvalue weighted by Gasteiger charge is 2.44. The molecular weight excluding hydrogens is 285 g/mol. The average molecular weight is 294 g/mol. The van der Waals surface area contributed by atoms with Gasteiger partial charge in [-0.3, -0.25) is 9.36 Å². The molecule has 5 nitrogen and oxygen atoms in total. The molecule has 2 heterocycles. The summed E-state index contributed by atoms with van der Waals surface area (Å²) in [5.74, 6) is -3.78. The molecule has 0 bridgehead atoms. The fourth-order valence-electron chi connectivity index (χ4n) is 2.00. The largest absolute Gasteiger partial charge is 0.322 e. The van der Waals surface area contributed by atoms with Crippen molar-refractivity contribution in [3.63, 3.8) is 0 Å². The Bertz CT molecular complexity index is 828. The molecule has 1 aromatic carbocycles. The molecule has 0 saturated heterocycles. The lowest BCUT2D eigenvalue weighted by atomic mass is 10.1. The first-order chi connectivity index (χ1) is 10.0. The number of aromatic amines is 1. The van der Waals surface area contributed by atoms with Crippen LogP contribution < -0.4 is 5.56 Å². The van der Waals surface area contributed by atoms with Gasteiger partial charge in [0.1, 0.15) is 0 Å². The fourth-order valence-corrected chi connectivity index (χ4v) is 2.00. The second kappa shape index (κ2) is 4.72. The zero-order valence-corrected chi connectivity index (χ0v) is 10.5. The minimum Gasteiger partial charge on any atom is -0.311 e. The van der Waals surface area contributed by atoms with Crippen LogP contribution in [0.4, 0.5) is 13.2 Å². The van der Waals surface area contributed by atoms with Crippen LogP contribution in [0.15, 0.2) is 47.8 Å². The maximum Gasteiger partial charge on any atom is 0.322 e. The van der Waals surface area contributed by atoms with Gasteiger partial charge in [-0.25, -0.2) is 14.4 Å². The Morgan fingerprint density at radius 1 is 1.19 bits per heavy atom. The first-order valence-electron chi connectivity index (χ1n) is 5.99. The normalized spacial score (nSPS) is 13.5. The smallest absolute Gasteiger partial charge is 0.311 e. The number of H-pyrrole nitrogens is 1. The summed E-state index contributed by atoms with van der Waals surface area (Å²) in [5, 5.41) is 0. The van der Waals surface area contributed by atoms with E-state index in [4.69, 9.17) is 0 Å². The molecule has 1 unspecified atom stereocenters. The Morgan fingerprint density at radius 2 is 1.90 bits per heavy atom. The third kappa shape index (κ3) is 2.08. The maximum absolute atomic E-state index is 14.3. The summed E-state index contributed by atoms with van der Waals surface area (Å²) < 4.78 is 43.3. The lowest BCUT2D eigenvalue weighted by Crippen LogP contribution is -2.25. The van der Waals surface area contributed by atoms with Crippen LogP contribution >= 0.6 is 0 Å². The van der Waals surface area contributed by atoms with Crippen molar-refractivity contribution in [3.8, 4) is 0 Å². The molecule has 0 amide bonds. The summed E-state index contributed by atoms with van der Waals surface area (Å²) >= 11 is 0. The highest BCUT2D eigenvalue weighted by molar-refractivity contribution is 5.68. The molecule has 2 aromatic heterocycles. The Kier molecular flexibility index (Phi) is 3.00. The van der Waals surface area contributed by atoms with Crippen LogP contribution in [-0.2, 0) is 5.92 Å². The number of rotatable bonds is 3. The number of hydrogen-bond donors (Lipinski definition) is 1. The van der Waals surface area contributed by atoms with E-state index in [9.17, 15) is 18.0 Å². The lowest BCUT2D eigenvalue weighted by Gasteiger charge is -2.22. The number of fused-ring (bicyclic) bond motifs is 1. The van der Waals surface area contributed by atoms with Crippen molar-refractivity contribution in [2.24, 2.45) is 0 Å². The predicted molar refractivity (Wildman–Crippen MR) is 68.6 cm³/mol. The van der Waals surface area contributed by atoms with Crippen LogP contribution in [0.5, 0.6) is 0 Å². The molecule has 8 heteroatoms. The number of imidazole rings is 1. The predicted octanol–water partition coefficient (Wildman–Crippen LogP) is 2.38. The number of aromatic nitrogens is 4. The molecule has 0 saturated carbocycles. The van der Waals surface area contributed by atoms with Gasteiger partial charge >= 0.3 is 5.92 Å². The van der Waals surface area contributed by atoms with E-state index in [1.54, 1.807) is 6.07 Å². The minimum absolute atomic E-state index is 0.191. The van der Waals surface area contributed by atoms with Gasteiger partial charge in [-0.15, -0.1) is 0 Å². The second-order valence-electron chi connectivity index (χ2n) is 4.38. The summed E-state index contributed by atoms with van der Waals surface area (Å²) in [6, 6.07) is 6.61. The fraction of sp³-hybridized carbons (Fsp3) is 0.154. The van der Waals surface area contributed by atoms with E-state index in [0.717, 1.165) is 24.8 Å². The number of halogens is 3. The molecule has 0 aliphatic heterocycles. The van der Waals surface area contributed by atoms with Gasteiger partial charge in [-0.1, -0.05) is 30.3 Å². The molecule has 1 N–H and O–H groups in total. The Morgan fingerprint density at radius 3 is 2.62 bits per heavy atom. The van der Waals surface area contributed by atoms with Crippen molar-refractivity contribution in [2.75, 3.05) is 0 Å². The summed E-state index contributed by atoms with van der Waals surface area (Å²) in [4.78, 5) is 21.0. The van der Waals surface area contributed by atoms with Crippen LogP contribution in [-0.4, -0.2) is 19.5 Å². The van der Waals surface area contributed by atoms with Crippen LogP contribution in [0.1, 0.15) is 11.9 Å². The van der Waals surface area contributed by atoms with Crippen molar-refractivity contribution < 1.29 is 13.2 Å². The number of benzene rings is 1. The third-order valence-corrected chi connectivity index (χ3v) is 3.07. The minimum atomic E-state index is -3.78. The van der Waals surface area contributed by atoms with E-state index in [0.29, 0.717) is 4.57 Å². The van der Waals surface area contributed by atoms with Gasteiger partial charge in [-0.2, -0.15) is 8.78 Å². The van der Waals surface area contributed by atoms with E-state index in [2.05, 4.69) is 15.0 Å². The van der Waals surface area contributed by atoms with E-state index in [-0.39, 0.29) is 11.2 Å². The molecule has 0 spiro atoms. The quantitative estimate of drug-likeness (QED) is 0.806. The van der Waals surface area contributed by atoms with Gasteiger partial charge in [0, 0.05) is 5.56 Å². The van der Waals surface area contributed by atoms with Gasteiger partial charge in [0.05, 0.1) is 12.7 Å². The van der Waals surface area contributed by atoms with E-state index in [1.165, 1.54) is 12.1 Å². The third-order valence-electron chi connectivity index (χ3n) is 3.07. The average Bonchev–Trinajstić information content (AvgIpc) is 2.92. The molecule has 108 valence electrons. The topological polar surface area (TPSA) is 63.6 Å². The van der Waals surface area contributed by atoms with Crippen LogP contribution in [0.2, 0.25) is 0 Å². The van der Waals surface area contributed by atoms with E-state index >= 15 is 0 Å². The zero-order valence-electron chi connectivity index (χ0n) is 10.5.